The Bertz CT molecular complexity index is 796. The lowest BCUT2D eigenvalue weighted by atomic mass is 9.93. The van der Waals surface area contributed by atoms with Gasteiger partial charge in [-0.1, -0.05) is 0 Å². The topological polar surface area (TPSA) is 45.5 Å². The standard InChI is InChI=1S/C19H26N2O2S2/c1-25(23)15-3-5-19-17(13-15)16-12-14(22)2-4-18(16)21(19)7-6-20-8-10-24-11-9-20/h3,5,13-14,22H,2,4,6-12H2,1H3. The van der Waals surface area contributed by atoms with Crippen LogP contribution in [0.15, 0.2) is 23.1 Å². The molecule has 2 unspecified atom stereocenters. The molecule has 1 aliphatic heterocycles. The molecule has 136 valence electrons. The number of thioether (sulfide) groups is 1. The molecule has 2 aliphatic rings. The summed E-state index contributed by atoms with van der Waals surface area (Å²) in [6.45, 7) is 4.45. The zero-order valence-electron chi connectivity index (χ0n) is 14.7. The van der Waals surface area contributed by atoms with Gasteiger partial charge in [-0.05, 0) is 36.6 Å². The van der Waals surface area contributed by atoms with E-state index in [1.807, 2.05) is 17.8 Å². The minimum atomic E-state index is -0.975. The fraction of sp³-hybridized carbons (Fsp3) is 0.579. The molecule has 2 atom stereocenters. The maximum Gasteiger partial charge on any atom is 0.0585 e. The fourth-order valence-electron chi connectivity index (χ4n) is 4.11. The van der Waals surface area contributed by atoms with Crippen molar-refractivity contribution in [3.8, 4) is 0 Å². The average molecular weight is 379 g/mol. The van der Waals surface area contributed by atoms with E-state index in [0.29, 0.717) is 0 Å². The minimum Gasteiger partial charge on any atom is -0.393 e. The number of aliphatic hydroxyl groups is 1. The van der Waals surface area contributed by atoms with Crippen molar-refractivity contribution in [2.45, 2.75) is 36.8 Å². The highest BCUT2D eigenvalue weighted by molar-refractivity contribution is 7.99. The Hall–Kier alpha value is -0.820. The van der Waals surface area contributed by atoms with E-state index < -0.39 is 10.8 Å². The lowest BCUT2D eigenvalue weighted by Gasteiger charge is -2.27. The number of benzene rings is 1. The van der Waals surface area contributed by atoms with Gasteiger partial charge in [0.25, 0.3) is 0 Å². The largest absolute Gasteiger partial charge is 0.393 e. The molecule has 0 amide bonds. The van der Waals surface area contributed by atoms with Gasteiger partial charge >= 0.3 is 0 Å². The second kappa shape index (κ2) is 7.43. The zero-order valence-corrected chi connectivity index (χ0v) is 16.4. The number of aliphatic hydroxyl groups excluding tert-OH is 1. The zero-order chi connectivity index (χ0) is 17.4. The van der Waals surface area contributed by atoms with Crippen LogP contribution in [-0.4, -0.2) is 62.3 Å². The van der Waals surface area contributed by atoms with Crippen molar-refractivity contribution >= 4 is 33.5 Å². The Labute approximate surface area is 156 Å². The summed E-state index contributed by atoms with van der Waals surface area (Å²) in [7, 11) is -0.975. The van der Waals surface area contributed by atoms with Crippen LogP contribution >= 0.6 is 11.8 Å². The van der Waals surface area contributed by atoms with Gasteiger partial charge in [0.2, 0.25) is 0 Å². The molecule has 1 fully saturated rings. The third kappa shape index (κ3) is 3.54. The first-order valence-electron chi connectivity index (χ1n) is 9.09. The van der Waals surface area contributed by atoms with E-state index in [1.54, 1.807) is 6.26 Å². The predicted octanol–water partition coefficient (Wildman–Crippen LogP) is 2.28. The molecule has 0 radical (unpaired) electrons. The van der Waals surface area contributed by atoms with Crippen LogP contribution in [0.4, 0.5) is 0 Å². The molecule has 1 aromatic heterocycles. The molecular formula is C19H26N2O2S2. The fourth-order valence-corrected chi connectivity index (χ4v) is 5.63. The minimum absolute atomic E-state index is 0.249. The van der Waals surface area contributed by atoms with E-state index in [2.05, 4.69) is 21.6 Å². The van der Waals surface area contributed by atoms with Gasteiger partial charge < -0.3 is 9.67 Å². The normalized spacial score (nSPS) is 22.9. The molecule has 4 nitrogen and oxygen atoms in total. The highest BCUT2D eigenvalue weighted by Gasteiger charge is 2.25. The smallest absolute Gasteiger partial charge is 0.0585 e. The summed E-state index contributed by atoms with van der Waals surface area (Å²) in [6.07, 6.45) is 3.98. The van der Waals surface area contributed by atoms with E-state index in [-0.39, 0.29) is 6.10 Å². The summed E-state index contributed by atoms with van der Waals surface area (Å²) >= 11 is 2.05. The van der Waals surface area contributed by atoms with E-state index in [4.69, 9.17) is 0 Å². The maximum atomic E-state index is 11.9. The van der Waals surface area contributed by atoms with Crippen LogP contribution in [0.1, 0.15) is 17.7 Å². The van der Waals surface area contributed by atoms with E-state index in [0.717, 1.165) is 37.2 Å². The summed E-state index contributed by atoms with van der Waals surface area (Å²) in [4.78, 5) is 3.43. The molecule has 1 N–H and O–H groups in total. The number of hydrogen-bond acceptors (Lipinski definition) is 4. The molecule has 4 rings (SSSR count). The number of rotatable bonds is 4. The van der Waals surface area contributed by atoms with Crippen molar-refractivity contribution in [2.75, 3.05) is 37.4 Å². The molecule has 0 saturated carbocycles. The number of hydrogen-bond donors (Lipinski definition) is 1. The van der Waals surface area contributed by atoms with Crippen LogP contribution in [0.5, 0.6) is 0 Å². The summed E-state index contributed by atoms with van der Waals surface area (Å²) in [5.41, 5.74) is 3.89. The molecule has 1 aromatic carbocycles. The third-order valence-corrected chi connectivity index (χ3v) is 7.35. The van der Waals surface area contributed by atoms with Crippen molar-refractivity contribution in [3.05, 3.63) is 29.5 Å². The molecule has 6 heteroatoms. The molecule has 1 aliphatic carbocycles. The van der Waals surface area contributed by atoms with Crippen LogP contribution in [0.3, 0.4) is 0 Å². The molecule has 0 spiro atoms. The van der Waals surface area contributed by atoms with Crippen molar-refractivity contribution in [2.24, 2.45) is 0 Å². The van der Waals surface area contributed by atoms with Gasteiger partial charge in [-0.3, -0.25) is 9.11 Å². The third-order valence-electron chi connectivity index (χ3n) is 5.49. The molecule has 1 saturated heterocycles. The Morgan fingerprint density at radius 2 is 2.08 bits per heavy atom. The molecule has 25 heavy (non-hydrogen) atoms. The van der Waals surface area contributed by atoms with Crippen LogP contribution in [0.25, 0.3) is 10.9 Å². The first-order valence-corrected chi connectivity index (χ1v) is 11.8. The molecule has 2 aromatic rings. The van der Waals surface area contributed by atoms with Gasteiger partial charge in [-0.15, -0.1) is 0 Å². The van der Waals surface area contributed by atoms with Crippen LogP contribution in [0, 0.1) is 0 Å². The molecule has 0 bridgehead atoms. The summed E-state index contributed by atoms with van der Waals surface area (Å²) < 4.78 is 14.4. The van der Waals surface area contributed by atoms with Gasteiger partial charge in [0.1, 0.15) is 0 Å². The first kappa shape index (κ1) is 17.6. The van der Waals surface area contributed by atoms with E-state index >= 15 is 0 Å². The first-order chi connectivity index (χ1) is 12.1. The number of nitrogens with zero attached hydrogens (tertiary/aromatic N) is 2. The van der Waals surface area contributed by atoms with Gasteiger partial charge in [0, 0.05) is 82.7 Å². The Kier molecular flexibility index (Phi) is 5.23. The highest BCUT2D eigenvalue weighted by atomic mass is 32.2. The quantitative estimate of drug-likeness (QED) is 0.887. The summed E-state index contributed by atoms with van der Waals surface area (Å²) in [6, 6.07) is 6.20. The SMILES string of the molecule is CS(=O)c1ccc2c(c1)c1c(n2CCN2CCSCC2)CCC(O)C1. The maximum absolute atomic E-state index is 11.9. The van der Waals surface area contributed by atoms with Crippen molar-refractivity contribution in [3.63, 3.8) is 0 Å². The van der Waals surface area contributed by atoms with Crippen molar-refractivity contribution in [1.29, 1.82) is 0 Å². The average Bonchev–Trinajstić information content (AvgIpc) is 2.93. The molecule has 2 heterocycles. The second-order valence-electron chi connectivity index (χ2n) is 7.06. The monoisotopic (exact) mass is 378 g/mol. The van der Waals surface area contributed by atoms with Crippen molar-refractivity contribution < 1.29 is 9.32 Å². The van der Waals surface area contributed by atoms with Crippen LogP contribution in [0.2, 0.25) is 0 Å². The second-order valence-corrected chi connectivity index (χ2v) is 9.66. The highest BCUT2D eigenvalue weighted by Crippen LogP contribution is 2.33. The van der Waals surface area contributed by atoms with E-state index in [1.165, 1.54) is 46.8 Å². The lowest BCUT2D eigenvalue weighted by molar-refractivity contribution is 0.157. The number of fused-ring (bicyclic) bond motifs is 3. The predicted molar refractivity (Wildman–Crippen MR) is 106 cm³/mol. The number of aromatic nitrogens is 1. The van der Waals surface area contributed by atoms with Gasteiger partial charge in [0.05, 0.1) is 6.10 Å². The van der Waals surface area contributed by atoms with Crippen LogP contribution in [-0.2, 0) is 30.2 Å². The van der Waals surface area contributed by atoms with Gasteiger partial charge in [-0.2, -0.15) is 11.8 Å². The Balaban J connectivity index is 1.70. The van der Waals surface area contributed by atoms with Crippen molar-refractivity contribution in [1.82, 2.24) is 9.47 Å². The molecular weight excluding hydrogens is 352 g/mol. The summed E-state index contributed by atoms with van der Waals surface area (Å²) in [5, 5.41) is 11.3. The van der Waals surface area contributed by atoms with Crippen LogP contribution < -0.4 is 0 Å². The lowest BCUT2D eigenvalue weighted by Crippen LogP contribution is -2.35. The Morgan fingerprint density at radius 1 is 1.28 bits per heavy atom. The Morgan fingerprint density at radius 3 is 2.84 bits per heavy atom. The van der Waals surface area contributed by atoms with E-state index in [9.17, 15) is 9.32 Å². The summed E-state index contributed by atoms with van der Waals surface area (Å²) in [5.74, 6) is 2.48. The van der Waals surface area contributed by atoms with Gasteiger partial charge in [-0.25, -0.2) is 0 Å². The van der Waals surface area contributed by atoms with Gasteiger partial charge in [0.15, 0.2) is 0 Å².